The maximum Gasteiger partial charge on any atom is 0.266 e. The van der Waals surface area contributed by atoms with Gasteiger partial charge in [-0.2, -0.15) is 0 Å². The van der Waals surface area contributed by atoms with Gasteiger partial charge in [-0.05, 0) is 60.8 Å². The Morgan fingerprint density at radius 1 is 1.15 bits per heavy atom. The van der Waals surface area contributed by atoms with Gasteiger partial charge in [0.15, 0.2) is 0 Å². The first-order valence-electron chi connectivity index (χ1n) is 8.17. The predicted molar refractivity (Wildman–Crippen MR) is 104 cm³/mol. The molecule has 7 heteroatoms. The molecule has 0 spiro atoms. The van der Waals surface area contributed by atoms with E-state index in [9.17, 15) is 14.0 Å². The Morgan fingerprint density at radius 2 is 1.93 bits per heavy atom. The normalized spacial score (nSPS) is 10.9. The third-order valence-corrected chi connectivity index (χ3v) is 4.99. The average molecular weight is 379 g/mol. The van der Waals surface area contributed by atoms with Gasteiger partial charge in [-0.15, -0.1) is 11.3 Å². The quantitative estimate of drug-likeness (QED) is 0.582. The molecular weight excluding hydrogens is 365 g/mol. The Balaban J connectivity index is 1.79. The van der Waals surface area contributed by atoms with Gasteiger partial charge < -0.3 is 5.32 Å². The SMILES string of the molecule is Cc1nc2ccc(NC(=O)c3cccs3)cc2c(=O)n1-c1ccc(F)cc1. The lowest BCUT2D eigenvalue weighted by Gasteiger charge is -2.12. The summed E-state index contributed by atoms with van der Waals surface area (Å²) in [7, 11) is 0. The van der Waals surface area contributed by atoms with E-state index in [2.05, 4.69) is 10.3 Å². The van der Waals surface area contributed by atoms with Crippen molar-refractivity contribution >= 4 is 33.8 Å². The van der Waals surface area contributed by atoms with E-state index in [0.717, 1.165) is 0 Å². The molecule has 4 rings (SSSR count). The molecule has 0 saturated carbocycles. The molecule has 0 saturated heterocycles. The van der Waals surface area contributed by atoms with Crippen LogP contribution in [0, 0.1) is 12.7 Å². The molecule has 0 unspecified atom stereocenters. The molecule has 0 atom stereocenters. The highest BCUT2D eigenvalue weighted by molar-refractivity contribution is 7.12. The Morgan fingerprint density at radius 3 is 2.63 bits per heavy atom. The molecule has 0 aliphatic carbocycles. The van der Waals surface area contributed by atoms with E-state index in [4.69, 9.17) is 0 Å². The molecule has 0 aliphatic rings. The molecule has 1 N–H and O–H groups in total. The minimum Gasteiger partial charge on any atom is -0.321 e. The fraction of sp³-hybridized carbons (Fsp3) is 0.0500. The first-order chi connectivity index (χ1) is 13.0. The summed E-state index contributed by atoms with van der Waals surface area (Å²) in [5.74, 6) is -0.116. The molecule has 2 aromatic carbocycles. The Hall–Kier alpha value is -3.32. The topological polar surface area (TPSA) is 64.0 Å². The summed E-state index contributed by atoms with van der Waals surface area (Å²) in [6.45, 7) is 1.72. The van der Waals surface area contributed by atoms with Gasteiger partial charge in [0.1, 0.15) is 11.6 Å². The second-order valence-corrected chi connectivity index (χ2v) is 6.89. The molecule has 27 heavy (non-hydrogen) atoms. The number of fused-ring (bicyclic) bond motifs is 1. The van der Waals surface area contributed by atoms with E-state index in [1.54, 1.807) is 37.3 Å². The molecule has 134 valence electrons. The maximum atomic E-state index is 13.2. The first kappa shape index (κ1) is 17.1. The number of rotatable bonds is 3. The molecule has 4 aromatic rings. The van der Waals surface area contributed by atoms with Crippen LogP contribution in [0.25, 0.3) is 16.6 Å². The van der Waals surface area contributed by atoms with Crippen LogP contribution in [-0.2, 0) is 0 Å². The Kier molecular flexibility index (Phi) is 4.29. The van der Waals surface area contributed by atoms with Gasteiger partial charge in [0.05, 0.1) is 21.5 Å². The number of nitrogens with zero attached hydrogens (tertiary/aromatic N) is 2. The van der Waals surface area contributed by atoms with Crippen molar-refractivity contribution in [3.8, 4) is 5.69 Å². The van der Waals surface area contributed by atoms with Crippen LogP contribution in [-0.4, -0.2) is 15.5 Å². The van der Waals surface area contributed by atoms with Gasteiger partial charge in [0.2, 0.25) is 0 Å². The highest BCUT2D eigenvalue weighted by Gasteiger charge is 2.12. The molecule has 1 amide bonds. The monoisotopic (exact) mass is 379 g/mol. The second-order valence-electron chi connectivity index (χ2n) is 5.94. The van der Waals surface area contributed by atoms with Gasteiger partial charge in [-0.25, -0.2) is 9.37 Å². The maximum absolute atomic E-state index is 13.2. The number of halogens is 1. The van der Waals surface area contributed by atoms with Crippen molar-refractivity contribution < 1.29 is 9.18 Å². The number of carbonyl (C=O) groups excluding carboxylic acids is 1. The average Bonchev–Trinajstić information content (AvgIpc) is 3.19. The summed E-state index contributed by atoms with van der Waals surface area (Å²) in [5.41, 5.74) is 1.29. The number of hydrogen-bond acceptors (Lipinski definition) is 4. The molecule has 2 heterocycles. The fourth-order valence-electron chi connectivity index (χ4n) is 2.87. The zero-order valence-corrected chi connectivity index (χ0v) is 15.1. The van der Waals surface area contributed by atoms with E-state index in [1.165, 1.54) is 40.2 Å². The van der Waals surface area contributed by atoms with Gasteiger partial charge in [-0.3, -0.25) is 14.2 Å². The van der Waals surface area contributed by atoms with E-state index < -0.39 is 0 Å². The zero-order valence-electron chi connectivity index (χ0n) is 14.3. The molecular formula is C20H14FN3O2S. The lowest BCUT2D eigenvalue weighted by Crippen LogP contribution is -2.22. The molecule has 0 fully saturated rings. The Bertz CT molecular complexity index is 1200. The first-order valence-corrected chi connectivity index (χ1v) is 9.05. The number of hydrogen-bond donors (Lipinski definition) is 1. The van der Waals surface area contributed by atoms with Gasteiger partial charge in [-0.1, -0.05) is 6.07 Å². The van der Waals surface area contributed by atoms with Crippen LogP contribution < -0.4 is 10.9 Å². The van der Waals surface area contributed by atoms with Crippen LogP contribution in [0.3, 0.4) is 0 Å². The lowest BCUT2D eigenvalue weighted by atomic mass is 10.2. The fourth-order valence-corrected chi connectivity index (χ4v) is 3.49. The van der Waals surface area contributed by atoms with E-state index in [0.29, 0.717) is 33.0 Å². The number of aryl methyl sites for hydroxylation is 1. The highest BCUT2D eigenvalue weighted by Crippen LogP contribution is 2.19. The summed E-state index contributed by atoms with van der Waals surface area (Å²) < 4.78 is 14.6. The number of anilines is 1. The molecule has 0 bridgehead atoms. The van der Waals surface area contributed by atoms with Crippen LogP contribution in [0.15, 0.2) is 64.8 Å². The van der Waals surface area contributed by atoms with Crippen LogP contribution in [0.2, 0.25) is 0 Å². The van der Waals surface area contributed by atoms with E-state index in [1.807, 2.05) is 5.38 Å². The van der Waals surface area contributed by atoms with E-state index in [-0.39, 0.29) is 17.3 Å². The number of amides is 1. The van der Waals surface area contributed by atoms with Crippen LogP contribution in [0.4, 0.5) is 10.1 Å². The highest BCUT2D eigenvalue weighted by atomic mass is 32.1. The summed E-state index contributed by atoms with van der Waals surface area (Å²) in [6.07, 6.45) is 0. The van der Waals surface area contributed by atoms with Crippen LogP contribution >= 0.6 is 11.3 Å². The molecule has 0 aliphatic heterocycles. The van der Waals surface area contributed by atoms with E-state index >= 15 is 0 Å². The third kappa shape index (κ3) is 3.24. The van der Waals surface area contributed by atoms with Crippen molar-refractivity contribution in [3.63, 3.8) is 0 Å². The summed E-state index contributed by atoms with van der Waals surface area (Å²) >= 11 is 1.34. The predicted octanol–water partition coefficient (Wildman–Crippen LogP) is 4.15. The van der Waals surface area contributed by atoms with Gasteiger partial charge in [0.25, 0.3) is 11.5 Å². The van der Waals surface area contributed by atoms with Crippen molar-refractivity contribution in [1.82, 2.24) is 9.55 Å². The van der Waals surface area contributed by atoms with Crippen molar-refractivity contribution in [1.29, 1.82) is 0 Å². The number of nitrogens with one attached hydrogen (secondary N) is 1. The van der Waals surface area contributed by atoms with Crippen molar-refractivity contribution in [3.05, 3.63) is 86.8 Å². The summed E-state index contributed by atoms with van der Waals surface area (Å²) in [6, 6.07) is 14.2. The number of carbonyl (C=O) groups is 1. The van der Waals surface area contributed by atoms with Gasteiger partial charge >= 0.3 is 0 Å². The largest absolute Gasteiger partial charge is 0.321 e. The lowest BCUT2D eigenvalue weighted by molar-refractivity contribution is 0.103. The minimum atomic E-state index is -0.378. The van der Waals surface area contributed by atoms with Crippen molar-refractivity contribution in [2.24, 2.45) is 0 Å². The zero-order chi connectivity index (χ0) is 19.0. The van der Waals surface area contributed by atoms with Gasteiger partial charge in [0, 0.05) is 5.69 Å². The van der Waals surface area contributed by atoms with Crippen LogP contribution in [0.5, 0.6) is 0 Å². The smallest absolute Gasteiger partial charge is 0.266 e. The number of thiophene rings is 1. The van der Waals surface area contributed by atoms with Crippen molar-refractivity contribution in [2.45, 2.75) is 6.92 Å². The van der Waals surface area contributed by atoms with Crippen molar-refractivity contribution in [2.75, 3.05) is 5.32 Å². The minimum absolute atomic E-state index is 0.233. The summed E-state index contributed by atoms with van der Waals surface area (Å²) in [4.78, 5) is 30.3. The molecule has 5 nitrogen and oxygen atoms in total. The number of aromatic nitrogens is 2. The second kappa shape index (κ2) is 6.77. The standard InChI is InChI=1S/C20H14FN3O2S/c1-12-22-17-9-6-14(23-19(25)18-3-2-10-27-18)11-16(17)20(26)24(12)15-7-4-13(21)5-8-15/h2-11H,1H3,(H,23,25). The molecule has 2 aromatic heterocycles. The summed E-state index contributed by atoms with van der Waals surface area (Å²) in [5, 5.41) is 4.98. The third-order valence-electron chi connectivity index (χ3n) is 4.12. The van der Waals surface area contributed by atoms with Crippen LogP contribution in [0.1, 0.15) is 15.5 Å². The molecule has 0 radical (unpaired) electrons. The number of benzene rings is 2. The Labute approximate surface area is 157 Å².